The lowest BCUT2D eigenvalue weighted by molar-refractivity contribution is -0.133. The third kappa shape index (κ3) is 3.33. The van der Waals surface area contributed by atoms with E-state index in [0.717, 1.165) is 34.3 Å². The number of hydrogen-bond acceptors (Lipinski definition) is 4. The summed E-state index contributed by atoms with van der Waals surface area (Å²) in [6.07, 6.45) is 5.38. The zero-order valence-electron chi connectivity index (χ0n) is 15.6. The number of fused-ring (bicyclic) bond motifs is 1. The van der Waals surface area contributed by atoms with Crippen molar-refractivity contribution in [2.45, 2.75) is 39.2 Å². The molecule has 0 bridgehead atoms. The molecule has 2 aromatic carbocycles. The number of amides is 1. The average molecular weight is 358 g/mol. The minimum atomic E-state index is -0.106. The average Bonchev–Trinajstić information content (AvgIpc) is 3.13. The van der Waals surface area contributed by atoms with Crippen molar-refractivity contribution in [2.24, 2.45) is 5.10 Å². The lowest BCUT2D eigenvalue weighted by Gasteiger charge is -2.22. The van der Waals surface area contributed by atoms with Gasteiger partial charge >= 0.3 is 0 Å². The second-order valence-electron chi connectivity index (χ2n) is 6.87. The van der Waals surface area contributed by atoms with Crippen molar-refractivity contribution in [2.75, 3.05) is 0 Å². The predicted molar refractivity (Wildman–Crippen MR) is 106 cm³/mol. The Kier molecular flexibility index (Phi) is 4.67. The molecule has 0 aliphatic carbocycles. The number of aromatic nitrogens is 2. The van der Waals surface area contributed by atoms with E-state index in [2.05, 4.69) is 29.0 Å². The van der Waals surface area contributed by atoms with Crippen LogP contribution in [0.1, 0.15) is 48.9 Å². The Balaban J connectivity index is 1.74. The van der Waals surface area contributed by atoms with Gasteiger partial charge in [-0.25, -0.2) is 5.01 Å². The van der Waals surface area contributed by atoms with Crippen molar-refractivity contribution in [3.05, 3.63) is 71.5 Å². The SMILES string of the molecule is CCCC(=O)N1N=C(c2ccccc2C)C[C@H]1c1ccc2nccnc2c1. The van der Waals surface area contributed by atoms with Crippen molar-refractivity contribution < 1.29 is 4.79 Å². The minimum absolute atomic E-state index is 0.0605. The number of hydrogen-bond donors (Lipinski definition) is 0. The Morgan fingerprint density at radius 1 is 1.11 bits per heavy atom. The van der Waals surface area contributed by atoms with Gasteiger partial charge in [0.15, 0.2) is 0 Å². The van der Waals surface area contributed by atoms with Crippen molar-refractivity contribution in [3.8, 4) is 0 Å². The highest BCUT2D eigenvalue weighted by atomic mass is 16.2. The van der Waals surface area contributed by atoms with Crippen LogP contribution in [0.15, 0.2) is 60.0 Å². The summed E-state index contributed by atoms with van der Waals surface area (Å²) in [6, 6.07) is 14.1. The van der Waals surface area contributed by atoms with Crippen LogP contribution in [0.25, 0.3) is 11.0 Å². The number of aryl methyl sites for hydroxylation is 1. The largest absolute Gasteiger partial charge is 0.273 e. The maximum Gasteiger partial charge on any atom is 0.243 e. The number of carbonyl (C=O) groups excluding carboxylic acids is 1. The van der Waals surface area contributed by atoms with Crippen molar-refractivity contribution in [1.82, 2.24) is 15.0 Å². The fourth-order valence-electron chi connectivity index (χ4n) is 3.58. The van der Waals surface area contributed by atoms with Gasteiger partial charge in [0.25, 0.3) is 0 Å². The summed E-state index contributed by atoms with van der Waals surface area (Å²) in [7, 11) is 0. The van der Waals surface area contributed by atoms with Gasteiger partial charge in [-0.1, -0.05) is 37.3 Å². The van der Waals surface area contributed by atoms with Crippen LogP contribution in [0, 0.1) is 6.92 Å². The van der Waals surface area contributed by atoms with E-state index in [1.54, 1.807) is 17.4 Å². The van der Waals surface area contributed by atoms with Crippen LogP contribution >= 0.6 is 0 Å². The van der Waals surface area contributed by atoms with Crippen LogP contribution in [-0.4, -0.2) is 26.6 Å². The summed E-state index contributed by atoms with van der Waals surface area (Å²) in [5, 5.41) is 6.41. The summed E-state index contributed by atoms with van der Waals surface area (Å²) in [4.78, 5) is 21.5. The van der Waals surface area contributed by atoms with Crippen LogP contribution < -0.4 is 0 Å². The quantitative estimate of drug-likeness (QED) is 0.694. The molecule has 2 heterocycles. The van der Waals surface area contributed by atoms with Crippen LogP contribution in [0.3, 0.4) is 0 Å². The number of rotatable bonds is 4. The van der Waals surface area contributed by atoms with E-state index in [0.29, 0.717) is 12.8 Å². The fourth-order valence-corrected chi connectivity index (χ4v) is 3.58. The van der Waals surface area contributed by atoms with E-state index >= 15 is 0 Å². The Hall–Kier alpha value is -3.08. The Morgan fingerprint density at radius 2 is 1.89 bits per heavy atom. The molecule has 0 saturated carbocycles. The molecule has 5 heteroatoms. The lowest BCUT2D eigenvalue weighted by Crippen LogP contribution is -2.26. The monoisotopic (exact) mass is 358 g/mol. The zero-order chi connectivity index (χ0) is 18.8. The van der Waals surface area contributed by atoms with Crippen LogP contribution in [0.5, 0.6) is 0 Å². The van der Waals surface area contributed by atoms with Gasteiger partial charge in [0.05, 0.1) is 22.8 Å². The Bertz CT molecular complexity index is 1030. The van der Waals surface area contributed by atoms with E-state index in [-0.39, 0.29) is 11.9 Å². The van der Waals surface area contributed by atoms with Crippen LogP contribution in [0.4, 0.5) is 0 Å². The molecule has 1 aliphatic heterocycles. The Labute approximate surface area is 158 Å². The maximum atomic E-state index is 12.7. The van der Waals surface area contributed by atoms with Gasteiger partial charge in [0.2, 0.25) is 5.91 Å². The first-order valence-electron chi connectivity index (χ1n) is 9.33. The molecule has 5 nitrogen and oxygen atoms in total. The Morgan fingerprint density at radius 3 is 2.67 bits per heavy atom. The standard InChI is InChI=1S/C22H22N4O/c1-3-6-22(27)26-21(14-19(25-26)17-8-5-4-7-15(17)2)16-9-10-18-20(13-16)24-12-11-23-18/h4-5,7-13,21H,3,6,14H2,1-2H3/t21-/m0/s1. The molecule has 27 heavy (non-hydrogen) atoms. The van der Waals surface area contributed by atoms with Gasteiger partial charge in [-0.3, -0.25) is 14.8 Å². The number of carbonyl (C=O) groups is 1. The van der Waals surface area contributed by atoms with Crippen molar-refractivity contribution >= 4 is 22.7 Å². The van der Waals surface area contributed by atoms with Gasteiger partial charge in [0, 0.05) is 30.8 Å². The topological polar surface area (TPSA) is 58.5 Å². The summed E-state index contributed by atoms with van der Waals surface area (Å²) >= 11 is 0. The highest BCUT2D eigenvalue weighted by molar-refractivity contribution is 6.04. The molecule has 0 spiro atoms. The highest BCUT2D eigenvalue weighted by Gasteiger charge is 2.33. The van der Waals surface area contributed by atoms with Crippen LogP contribution in [-0.2, 0) is 4.79 Å². The molecule has 136 valence electrons. The minimum Gasteiger partial charge on any atom is -0.273 e. The molecular weight excluding hydrogens is 336 g/mol. The molecule has 0 radical (unpaired) electrons. The summed E-state index contributed by atoms with van der Waals surface area (Å²) < 4.78 is 0. The van der Waals surface area contributed by atoms with Gasteiger partial charge in [-0.2, -0.15) is 5.10 Å². The summed E-state index contributed by atoms with van der Waals surface area (Å²) in [5.41, 5.74) is 5.97. The zero-order valence-corrected chi connectivity index (χ0v) is 15.6. The molecule has 0 unspecified atom stereocenters. The van der Waals surface area contributed by atoms with E-state index in [1.165, 1.54) is 5.56 Å². The second-order valence-corrected chi connectivity index (χ2v) is 6.87. The molecule has 1 atom stereocenters. The fraction of sp³-hybridized carbons (Fsp3) is 0.273. The van der Waals surface area contributed by atoms with Crippen molar-refractivity contribution in [3.63, 3.8) is 0 Å². The molecule has 0 N–H and O–H groups in total. The van der Waals surface area contributed by atoms with Gasteiger partial charge in [0.1, 0.15) is 0 Å². The summed E-state index contributed by atoms with van der Waals surface area (Å²) in [6.45, 7) is 4.09. The smallest absolute Gasteiger partial charge is 0.243 e. The third-order valence-electron chi connectivity index (χ3n) is 4.96. The molecule has 1 aromatic heterocycles. The van der Waals surface area contributed by atoms with Crippen molar-refractivity contribution in [1.29, 1.82) is 0 Å². The number of nitrogens with zero attached hydrogens (tertiary/aromatic N) is 4. The normalized spacial score (nSPS) is 16.6. The molecular formula is C22H22N4O. The maximum absolute atomic E-state index is 12.7. The predicted octanol–water partition coefficient (Wildman–Crippen LogP) is 4.42. The first-order chi connectivity index (χ1) is 13.2. The number of benzene rings is 2. The second kappa shape index (κ2) is 7.27. The molecule has 1 amide bonds. The first-order valence-corrected chi connectivity index (χ1v) is 9.33. The molecule has 0 saturated heterocycles. The molecule has 0 fully saturated rings. The van der Waals surface area contributed by atoms with E-state index in [1.807, 2.05) is 37.3 Å². The summed E-state index contributed by atoms with van der Waals surface area (Å²) in [5.74, 6) is 0.0605. The molecule has 4 rings (SSSR count). The molecule has 1 aliphatic rings. The van der Waals surface area contributed by atoms with Gasteiger partial charge in [-0.15, -0.1) is 0 Å². The van der Waals surface area contributed by atoms with Crippen LogP contribution in [0.2, 0.25) is 0 Å². The first kappa shape index (κ1) is 17.3. The van der Waals surface area contributed by atoms with E-state index in [4.69, 9.17) is 5.10 Å². The van der Waals surface area contributed by atoms with Gasteiger partial charge < -0.3 is 0 Å². The third-order valence-corrected chi connectivity index (χ3v) is 4.96. The highest BCUT2D eigenvalue weighted by Crippen LogP contribution is 2.34. The molecule has 3 aromatic rings. The van der Waals surface area contributed by atoms with E-state index < -0.39 is 0 Å². The lowest BCUT2D eigenvalue weighted by atomic mass is 9.96. The van der Waals surface area contributed by atoms with Gasteiger partial charge in [-0.05, 0) is 36.6 Å². The number of hydrazone groups is 1. The van der Waals surface area contributed by atoms with E-state index in [9.17, 15) is 4.79 Å².